The van der Waals surface area contributed by atoms with Gasteiger partial charge in [0.2, 0.25) is 0 Å². The average Bonchev–Trinajstić information content (AvgIpc) is 2.85. The Labute approximate surface area is 111 Å². The number of nitrogens with one attached hydrogen (secondary N) is 1. The fraction of sp³-hybridized carbons (Fsp3) is 0.286. The number of rotatable bonds is 6. The minimum absolute atomic E-state index is 0.0407. The molecule has 1 heterocycles. The molecule has 4 heteroatoms. The number of hydrogen-bond acceptors (Lipinski definition) is 4. The highest BCUT2D eigenvalue weighted by Crippen LogP contribution is 2.18. The van der Waals surface area contributed by atoms with Gasteiger partial charge < -0.3 is 14.8 Å². The van der Waals surface area contributed by atoms with Crippen LogP contribution in [0.3, 0.4) is 0 Å². The molecular formula is C14H17NO2S. The zero-order chi connectivity index (χ0) is 12.8. The van der Waals surface area contributed by atoms with Crippen molar-refractivity contribution < 1.29 is 9.52 Å². The standard InChI is InChI=1S/C14H17NO2S/c1-18-10-13-7-6-12(17-13)8-15-14-5-3-2-4-11(14)9-16/h2-7,15-16H,8-10H2,1H3. The summed E-state index contributed by atoms with van der Waals surface area (Å²) < 4.78 is 5.67. The number of thioether (sulfide) groups is 1. The molecular weight excluding hydrogens is 246 g/mol. The summed E-state index contributed by atoms with van der Waals surface area (Å²) in [7, 11) is 0. The van der Waals surface area contributed by atoms with Gasteiger partial charge in [-0.1, -0.05) is 18.2 Å². The van der Waals surface area contributed by atoms with Gasteiger partial charge in [0.15, 0.2) is 0 Å². The lowest BCUT2D eigenvalue weighted by molar-refractivity contribution is 0.282. The van der Waals surface area contributed by atoms with Crippen molar-refractivity contribution in [2.45, 2.75) is 18.9 Å². The van der Waals surface area contributed by atoms with Crippen molar-refractivity contribution in [3.63, 3.8) is 0 Å². The summed E-state index contributed by atoms with van der Waals surface area (Å²) in [5.74, 6) is 2.80. The van der Waals surface area contributed by atoms with Gasteiger partial charge in [0.05, 0.1) is 18.9 Å². The van der Waals surface area contributed by atoms with E-state index in [1.807, 2.05) is 36.4 Å². The van der Waals surface area contributed by atoms with E-state index in [-0.39, 0.29) is 6.61 Å². The lowest BCUT2D eigenvalue weighted by atomic mass is 10.2. The summed E-state index contributed by atoms with van der Waals surface area (Å²) >= 11 is 1.74. The van der Waals surface area contributed by atoms with Crippen molar-refractivity contribution >= 4 is 17.4 Å². The Hall–Kier alpha value is -1.39. The predicted molar refractivity (Wildman–Crippen MR) is 75.6 cm³/mol. The van der Waals surface area contributed by atoms with Gasteiger partial charge in [-0.15, -0.1) is 0 Å². The van der Waals surface area contributed by atoms with Crippen LogP contribution in [0, 0.1) is 0 Å². The summed E-state index contributed by atoms with van der Waals surface area (Å²) in [5.41, 5.74) is 1.84. The van der Waals surface area contributed by atoms with E-state index in [4.69, 9.17) is 4.42 Å². The second-order valence-corrected chi connectivity index (χ2v) is 4.84. The quantitative estimate of drug-likeness (QED) is 0.840. The van der Waals surface area contributed by atoms with Crippen LogP contribution in [-0.2, 0) is 18.9 Å². The van der Waals surface area contributed by atoms with E-state index in [1.54, 1.807) is 11.8 Å². The molecule has 0 aliphatic heterocycles. The number of aliphatic hydroxyl groups is 1. The highest BCUT2D eigenvalue weighted by molar-refractivity contribution is 7.97. The van der Waals surface area contributed by atoms with Crippen molar-refractivity contribution in [1.82, 2.24) is 0 Å². The topological polar surface area (TPSA) is 45.4 Å². The van der Waals surface area contributed by atoms with Crippen LogP contribution in [-0.4, -0.2) is 11.4 Å². The molecule has 1 aromatic carbocycles. The summed E-state index contributed by atoms with van der Waals surface area (Å²) in [6, 6.07) is 11.7. The molecule has 0 bridgehead atoms. The number of hydrogen-bond donors (Lipinski definition) is 2. The van der Waals surface area contributed by atoms with E-state index in [2.05, 4.69) is 11.6 Å². The van der Waals surface area contributed by atoms with Gasteiger partial charge in [-0.2, -0.15) is 11.8 Å². The van der Waals surface area contributed by atoms with Gasteiger partial charge in [-0.25, -0.2) is 0 Å². The summed E-state index contributed by atoms with van der Waals surface area (Å²) in [6.45, 7) is 0.671. The minimum Gasteiger partial charge on any atom is -0.463 e. The molecule has 0 radical (unpaired) electrons. The third kappa shape index (κ3) is 3.31. The first-order valence-corrected chi connectivity index (χ1v) is 7.22. The number of anilines is 1. The summed E-state index contributed by atoms with van der Waals surface area (Å²) in [6.07, 6.45) is 2.05. The molecule has 0 unspecified atom stereocenters. The Morgan fingerprint density at radius 3 is 2.72 bits per heavy atom. The molecule has 0 saturated carbocycles. The summed E-state index contributed by atoms with van der Waals surface area (Å²) in [5, 5.41) is 12.5. The summed E-state index contributed by atoms with van der Waals surface area (Å²) in [4.78, 5) is 0. The maximum absolute atomic E-state index is 9.22. The number of furan rings is 1. The first kappa shape index (κ1) is 13.1. The zero-order valence-corrected chi connectivity index (χ0v) is 11.2. The van der Waals surface area contributed by atoms with E-state index in [0.29, 0.717) is 6.54 Å². The second-order valence-electron chi connectivity index (χ2n) is 3.97. The molecule has 0 saturated heterocycles. The third-order valence-corrected chi connectivity index (χ3v) is 3.22. The van der Waals surface area contributed by atoms with Crippen LogP contribution < -0.4 is 5.32 Å². The number of para-hydroxylation sites is 1. The average molecular weight is 263 g/mol. The van der Waals surface area contributed by atoms with Crippen LogP contribution in [0.15, 0.2) is 40.8 Å². The number of aliphatic hydroxyl groups excluding tert-OH is 1. The molecule has 2 rings (SSSR count). The smallest absolute Gasteiger partial charge is 0.123 e. The van der Waals surface area contributed by atoms with E-state index in [0.717, 1.165) is 28.5 Å². The van der Waals surface area contributed by atoms with Gasteiger partial charge in [0.25, 0.3) is 0 Å². The molecule has 18 heavy (non-hydrogen) atoms. The van der Waals surface area contributed by atoms with Gasteiger partial charge >= 0.3 is 0 Å². The molecule has 0 spiro atoms. The maximum Gasteiger partial charge on any atom is 0.123 e. The van der Waals surface area contributed by atoms with Crippen LogP contribution in [0.1, 0.15) is 17.1 Å². The second kappa shape index (κ2) is 6.52. The molecule has 2 N–H and O–H groups in total. The Balaban J connectivity index is 1.97. The van der Waals surface area contributed by atoms with Crippen molar-refractivity contribution in [2.75, 3.05) is 11.6 Å². The fourth-order valence-corrected chi connectivity index (χ4v) is 2.19. The molecule has 1 aromatic heterocycles. The SMILES string of the molecule is CSCc1ccc(CNc2ccccc2CO)o1. The van der Waals surface area contributed by atoms with Gasteiger partial charge in [-0.3, -0.25) is 0 Å². The lowest BCUT2D eigenvalue weighted by Gasteiger charge is -2.08. The van der Waals surface area contributed by atoms with E-state index in [9.17, 15) is 5.11 Å². The van der Waals surface area contributed by atoms with Gasteiger partial charge in [-0.05, 0) is 24.5 Å². The third-order valence-electron chi connectivity index (χ3n) is 2.64. The monoisotopic (exact) mass is 263 g/mol. The van der Waals surface area contributed by atoms with Crippen LogP contribution in [0.25, 0.3) is 0 Å². The van der Waals surface area contributed by atoms with Crippen LogP contribution in [0.4, 0.5) is 5.69 Å². The molecule has 96 valence electrons. The molecule has 2 aromatic rings. The largest absolute Gasteiger partial charge is 0.463 e. The van der Waals surface area contributed by atoms with Crippen molar-refractivity contribution in [3.05, 3.63) is 53.5 Å². The van der Waals surface area contributed by atoms with E-state index < -0.39 is 0 Å². The van der Waals surface area contributed by atoms with Crippen LogP contribution in [0.5, 0.6) is 0 Å². The molecule has 0 fully saturated rings. The van der Waals surface area contributed by atoms with E-state index >= 15 is 0 Å². The minimum atomic E-state index is 0.0407. The Morgan fingerprint density at radius 2 is 1.94 bits per heavy atom. The molecule has 0 atom stereocenters. The highest BCUT2D eigenvalue weighted by atomic mass is 32.2. The molecule has 0 amide bonds. The zero-order valence-electron chi connectivity index (χ0n) is 10.3. The van der Waals surface area contributed by atoms with Crippen LogP contribution in [0.2, 0.25) is 0 Å². The van der Waals surface area contributed by atoms with Gasteiger partial charge in [0, 0.05) is 11.3 Å². The molecule has 0 aliphatic rings. The Morgan fingerprint density at radius 1 is 1.17 bits per heavy atom. The van der Waals surface area contributed by atoms with Crippen molar-refractivity contribution in [2.24, 2.45) is 0 Å². The Kier molecular flexibility index (Phi) is 4.73. The predicted octanol–water partition coefficient (Wildman–Crippen LogP) is 3.25. The van der Waals surface area contributed by atoms with E-state index in [1.165, 1.54) is 0 Å². The van der Waals surface area contributed by atoms with Crippen LogP contribution >= 0.6 is 11.8 Å². The molecule has 3 nitrogen and oxygen atoms in total. The highest BCUT2D eigenvalue weighted by Gasteiger charge is 2.03. The van der Waals surface area contributed by atoms with Crippen molar-refractivity contribution in [1.29, 1.82) is 0 Å². The fourth-order valence-electron chi connectivity index (χ4n) is 1.75. The number of benzene rings is 1. The maximum atomic E-state index is 9.22. The first-order chi connectivity index (χ1) is 8.83. The molecule has 0 aliphatic carbocycles. The van der Waals surface area contributed by atoms with Crippen molar-refractivity contribution in [3.8, 4) is 0 Å². The normalized spacial score (nSPS) is 10.6. The first-order valence-electron chi connectivity index (χ1n) is 5.82. The Bertz CT molecular complexity index is 496. The van der Waals surface area contributed by atoms with Gasteiger partial charge in [0.1, 0.15) is 11.5 Å². The lowest BCUT2D eigenvalue weighted by Crippen LogP contribution is -2.01.